The van der Waals surface area contributed by atoms with E-state index in [0.29, 0.717) is 17.4 Å². The molecule has 0 bridgehead atoms. The zero-order chi connectivity index (χ0) is 16.2. The molecule has 2 heterocycles. The standard InChI is InChI=1S/C18H19N3O2/c1-3-20(4-2)18-19-16(13-15-11-8-12-23-15)17(22)21(18)14-9-6-5-7-10-14/h5-13H,3-4H2,1-2H3/b16-13-. The topological polar surface area (TPSA) is 49.1 Å². The lowest BCUT2D eigenvalue weighted by Crippen LogP contribution is -2.44. The quantitative estimate of drug-likeness (QED) is 0.814. The molecule has 0 saturated heterocycles. The van der Waals surface area contributed by atoms with Crippen molar-refractivity contribution >= 4 is 23.6 Å². The first kappa shape index (κ1) is 15.1. The summed E-state index contributed by atoms with van der Waals surface area (Å²) in [5, 5.41) is 0. The van der Waals surface area contributed by atoms with Gasteiger partial charge in [0.05, 0.1) is 12.0 Å². The highest BCUT2D eigenvalue weighted by atomic mass is 16.3. The van der Waals surface area contributed by atoms with Crippen LogP contribution in [0.4, 0.5) is 5.69 Å². The van der Waals surface area contributed by atoms with Crippen molar-refractivity contribution in [1.82, 2.24) is 4.90 Å². The van der Waals surface area contributed by atoms with Gasteiger partial charge in [-0.3, -0.25) is 4.79 Å². The van der Waals surface area contributed by atoms with E-state index in [0.717, 1.165) is 18.8 Å². The molecule has 118 valence electrons. The summed E-state index contributed by atoms with van der Waals surface area (Å²) >= 11 is 0. The normalized spacial score (nSPS) is 16.1. The summed E-state index contributed by atoms with van der Waals surface area (Å²) in [6.45, 7) is 5.65. The maximum Gasteiger partial charge on any atom is 0.284 e. The maximum atomic E-state index is 12.9. The molecule has 1 aliphatic heterocycles. The number of guanidine groups is 1. The van der Waals surface area contributed by atoms with E-state index in [-0.39, 0.29) is 5.91 Å². The third kappa shape index (κ3) is 2.90. The van der Waals surface area contributed by atoms with Gasteiger partial charge in [-0.15, -0.1) is 0 Å². The number of nitrogens with zero attached hydrogens (tertiary/aromatic N) is 3. The van der Waals surface area contributed by atoms with Crippen LogP contribution in [0.5, 0.6) is 0 Å². The molecule has 2 aromatic rings. The molecule has 0 spiro atoms. The minimum Gasteiger partial charge on any atom is -0.465 e. The summed E-state index contributed by atoms with van der Waals surface area (Å²) in [6, 6.07) is 13.2. The molecule has 3 rings (SSSR count). The second-order valence-electron chi connectivity index (χ2n) is 5.11. The molecule has 0 fully saturated rings. The Morgan fingerprint density at radius 2 is 1.87 bits per heavy atom. The van der Waals surface area contributed by atoms with Crippen LogP contribution in [0.3, 0.4) is 0 Å². The number of para-hydroxylation sites is 1. The van der Waals surface area contributed by atoms with Crippen molar-refractivity contribution in [3.63, 3.8) is 0 Å². The van der Waals surface area contributed by atoms with Crippen molar-refractivity contribution in [2.45, 2.75) is 13.8 Å². The number of hydrogen-bond acceptors (Lipinski definition) is 4. The lowest BCUT2D eigenvalue weighted by atomic mass is 10.2. The molecule has 1 aliphatic rings. The van der Waals surface area contributed by atoms with Crippen LogP contribution in [0.2, 0.25) is 0 Å². The molecule has 1 amide bonds. The van der Waals surface area contributed by atoms with Crippen LogP contribution in [0.1, 0.15) is 19.6 Å². The lowest BCUT2D eigenvalue weighted by molar-refractivity contribution is -0.113. The Kier molecular flexibility index (Phi) is 4.28. The second kappa shape index (κ2) is 6.52. The Hall–Kier alpha value is -2.82. The Bertz CT molecular complexity index is 729. The number of benzene rings is 1. The molecule has 0 saturated carbocycles. The van der Waals surface area contributed by atoms with Crippen molar-refractivity contribution in [2.75, 3.05) is 18.0 Å². The number of rotatable bonds is 4. The fourth-order valence-corrected chi connectivity index (χ4v) is 2.54. The molecule has 1 aromatic heterocycles. The second-order valence-corrected chi connectivity index (χ2v) is 5.11. The molecule has 0 radical (unpaired) electrons. The van der Waals surface area contributed by atoms with E-state index in [4.69, 9.17) is 4.42 Å². The van der Waals surface area contributed by atoms with E-state index in [9.17, 15) is 4.79 Å². The Balaban J connectivity index is 2.04. The third-order valence-electron chi connectivity index (χ3n) is 3.73. The van der Waals surface area contributed by atoms with Gasteiger partial charge in [-0.2, -0.15) is 0 Å². The van der Waals surface area contributed by atoms with Crippen LogP contribution in [-0.4, -0.2) is 29.9 Å². The van der Waals surface area contributed by atoms with Crippen molar-refractivity contribution < 1.29 is 9.21 Å². The molecule has 0 unspecified atom stereocenters. The summed E-state index contributed by atoms with van der Waals surface area (Å²) in [5.74, 6) is 1.13. The molecule has 5 heteroatoms. The molecule has 23 heavy (non-hydrogen) atoms. The van der Waals surface area contributed by atoms with Crippen LogP contribution in [0, 0.1) is 0 Å². The van der Waals surface area contributed by atoms with E-state index < -0.39 is 0 Å². The smallest absolute Gasteiger partial charge is 0.284 e. The average Bonchev–Trinajstić information content (AvgIpc) is 3.19. The molecule has 5 nitrogen and oxygen atoms in total. The Morgan fingerprint density at radius 3 is 2.48 bits per heavy atom. The number of amides is 1. The summed E-state index contributed by atoms with van der Waals surface area (Å²) in [4.78, 5) is 21.1. The number of carbonyl (C=O) groups excluding carboxylic acids is 1. The number of carbonyl (C=O) groups is 1. The van der Waals surface area contributed by atoms with E-state index in [1.54, 1.807) is 29.4 Å². The van der Waals surface area contributed by atoms with Crippen molar-refractivity contribution in [3.05, 3.63) is 60.2 Å². The van der Waals surface area contributed by atoms with Gasteiger partial charge in [-0.1, -0.05) is 18.2 Å². The van der Waals surface area contributed by atoms with Gasteiger partial charge in [-0.25, -0.2) is 9.89 Å². The summed E-state index contributed by atoms with van der Waals surface area (Å²) in [6.07, 6.45) is 3.25. The Labute approximate surface area is 135 Å². The van der Waals surface area contributed by atoms with Gasteiger partial charge < -0.3 is 9.32 Å². The molecular weight excluding hydrogens is 290 g/mol. The number of aliphatic imine (C=N–C) groups is 1. The summed E-state index contributed by atoms with van der Waals surface area (Å²) in [7, 11) is 0. The van der Waals surface area contributed by atoms with Gasteiger partial charge in [0.1, 0.15) is 11.5 Å². The van der Waals surface area contributed by atoms with Gasteiger partial charge in [0.2, 0.25) is 5.96 Å². The number of anilines is 1. The van der Waals surface area contributed by atoms with E-state index in [1.165, 1.54) is 0 Å². The monoisotopic (exact) mass is 309 g/mol. The lowest BCUT2D eigenvalue weighted by Gasteiger charge is -2.27. The third-order valence-corrected chi connectivity index (χ3v) is 3.73. The predicted molar refractivity (Wildman–Crippen MR) is 91.0 cm³/mol. The highest BCUT2D eigenvalue weighted by Crippen LogP contribution is 2.26. The van der Waals surface area contributed by atoms with Crippen LogP contribution in [0.15, 0.2) is 63.8 Å². The van der Waals surface area contributed by atoms with E-state index in [2.05, 4.69) is 9.89 Å². The summed E-state index contributed by atoms with van der Waals surface area (Å²) in [5.41, 5.74) is 1.19. The zero-order valence-electron chi connectivity index (χ0n) is 13.3. The van der Waals surface area contributed by atoms with Gasteiger partial charge in [0, 0.05) is 19.2 Å². The fraction of sp³-hybridized carbons (Fsp3) is 0.222. The predicted octanol–water partition coefficient (Wildman–Crippen LogP) is 3.37. The van der Waals surface area contributed by atoms with Crippen LogP contribution in [0.25, 0.3) is 6.08 Å². The van der Waals surface area contributed by atoms with Crippen molar-refractivity contribution in [1.29, 1.82) is 0 Å². The first-order valence-electron chi connectivity index (χ1n) is 7.73. The van der Waals surface area contributed by atoms with E-state index >= 15 is 0 Å². The first-order chi connectivity index (χ1) is 11.2. The fourth-order valence-electron chi connectivity index (χ4n) is 2.54. The van der Waals surface area contributed by atoms with Crippen molar-refractivity contribution in [2.24, 2.45) is 4.99 Å². The number of hydrogen-bond donors (Lipinski definition) is 0. The van der Waals surface area contributed by atoms with Crippen molar-refractivity contribution in [3.8, 4) is 0 Å². The van der Waals surface area contributed by atoms with Gasteiger partial charge in [-0.05, 0) is 38.1 Å². The molecule has 0 N–H and O–H groups in total. The van der Waals surface area contributed by atoms with Crippen LogP contribution < -0.4 is 4.90 Å². The minimum absolute atomic E-state index is 0.144. The minimum atomic E-state index is -0.144. The van der Waals surface area contributed by atoms with Crippen LogP contribution >= 0.6 is 0 Å². The maximum absolute atomic E-state index is 12.9. The van der Waals surface area contributed by atoms with E-state index in [1.807, 2.05) is 44.2 Å². The molecular formula is C18H19N3O2. The average molecular weight is 309 g/mol. The van der Waals surface area contributed by atoms with Crippen LogP contribution in [-0.2, 0) is 4.79 Å². The number of furan rings is 1. The molecule has 1 aromatic carbocycles. The molecule has 0 atom stereocenters. The highest BCUT2D eigenvalue weighted by molar-refractivity contribution is 6.28. The zero-order valence-corrected chi connectivity index (χ0v) is 13.3. The highest BCUT2D eigenvalue weighted by Gasteiger charge is 2.34. The first-order valence-corrected chi connectivity index (χ1v) is 7.73. The summed E-state index contributed by atoms with van der Waals surface area (Å²) < 4.78 is 5.30. The Morgan fingerprint density at radius 1 is 1.13 bits per heavy atom. The molecule has 0 aliphatic carbocycles. The van der Waals surface area contributed by atoms with Gasteiger partial charge in [0.15, 0.2) is 0 Å². The van der Waals surface area contributed by atoms with Gasteiger partial charge >= 0.3 is 0 Å². The van der Waals surface area contributed by atoms with Gasteiger partial charge in [0.25, 0.3) is 5.91 Å². The largest absolute Gasteiger partial charge is 0.465 e. The SMILES string of the molecule is CCN(CC)C1=N/C(=C\c2ccco2)C(=O)N1c1ccccc1.